The number of ether oxygens (including phenoxy) is 1. The van der Waals surface area contributed by atoms with Crippen LogP contribution in [0, 0.1) is 10.1 Å². The second-order valence-electron chi connectivity index (χ2n) is 2.63. The molecule has 1 heterocycles. The van der Waals surface area contributed by atoms with Gasteiger partial charge in [0.1, 0.15) is 6.33 Å². The van der Waals surface area contributed by atoms with E-state index in [1.807, 2.05) is 6.92 Å². The van der Waals surface area contributed by atoms with Crippen molar-refractivity contribution < 1.29 is 9.66 Å². The van der Waals surface area contributed by atoms with Gasteiger partial charge in [0, 0.05) is 0 Å². The van der Waals surface area contributed by atoms with Gasteiger partial charge in [-0.3, -0.25) is 10.1 Å². The van der Waals surface area contributed by atoms with Gasteiger partial charge in [0.15, 0.2) is 0 Å². The Kier molecular flexibility index (Phi) is 3.75. The average Bonchev–Trinajstić information content (AvgIpc) is 2.25. The molecule has 1 aromatic rings. The molecule has 0 unspecified atom stereocenters. The van der Waals surface area contributed by atoms with Gasteiger partial charge in [-0.2, -0.15) is 4.98 Å². The van der Waals surface area contributed by atoms with Crippen molar-refractivity contribution in [3.8, 4) is 5.88 Å². The molecule has 0 aromatic carbocycles. The summed E-state index contributed by atoms with van der Waals surface area (Å²) in [4.78, 5) is 17.4. The lowest BCUT2D eigenvalue weighted by Gasteiger charge is -2.05. The highest BCUT2D eigenvalue weighted by Crippen LogP contribution is 2.29. The molecule has 3 N–H and O–H groups in total. The van der Waals surface area contributed by atoms with Gasteiger partial charge >= 0.3 is 5.69 Å². The second-order valence-corrected chi connectivity index (χ2v) is 2.63. The van der Waals surface area contributed by atoms with Crippen LogP contribution in [0.25, 0.3) is 0 Å². The van der Waals surface area contributed by atoms with Crippen LogP contribution in [0.1, 0.15) is 13.3 Å². The van der Waals surface area contributed by atoms with Crippen LogP contribution >= 0.6 is 0 Å². The quantitative estimate of drug-likeness (QED) is 0.414. The molecule has 0 spiro atoms. The highest BCUT2D eigenvalue weighted by molar-refractivity contribution is 5.60. The molecule has 0 aliphatic carbocycles. The summed E-state index contributed by atoms with van der Waals surface area (Å²) in [5, 5.41) is 10.7. The van der Waals surface area contributed by atoms with Gasteiger partial charge in [-0.15, -0.1) is 0 Å². The van der Waals surface area contributed by atoms with Crippen molar-refractivity contribution in [3.63, 3.8) is 0 Å². The van der Waals surface area contributed by atoms with E-state index in [-0.39, 0.29) is 17.4 Å². The van der Waals surface area contributed by atoms with E-state index in [2.05, 4.69) is 15.4 Å². The van der Waals surface area contributed by atoms with Crippen LogP contribution in [0.2, 0.25) is 0 Å². The fourth-order valence-electron chi connectivity index (χ4n) is 0.937. The van der Waals surface area contributed by atoms with Crippen LogP contribution in [0.4, 0.5) is 11.5 Å². The van der Waals surface area contributed by atoms with E-state index in [9.17, 15) is 10.1 Å². The summed E-state index contributed by atoms with van der Waals surface area (Å²) in [5.41, 5.74) is 1.77. The van der Waals surface area contributed by atoms with Crippen LogP contribution in [-0.4, -0.2) is 21.5 Å². The number of aromatic nitrogens is 2. The number of nitro groups is 1. The van der Waals surface area contributed by atoms with Crippen LogP contribution in [-0.2, 0) is 0 Å². The molecular formula is C7H11N5O3. The van der Waals surface area contributed by atoms with E-state index in [1.54, 1.807) is 0 Å². The zero-order valence-corrected chi connectivity index (χ0v) is 8.14. The molecule has 15 heavy (non-hydrogen) atoms. The van der Waals surface area contributed by atoms with Gasteiger partial charge in [0.05, 0.1) is 11.5 Å². The molecule has 0 amide bonds. The van der Waals surface area contributed by atoms with Crippen LogP contribution in [0.5, 0.6) is 5.88 Å². The second kappa shape index (κ2) is 5.05. The van der Waals surface area contributed by atoms with Crippen molar-refractivity contribution in [1.82, 2.24) is 9.97 Å². The zero-order valence-electron chi connectivity index (χ0n) is 8.14. The summed E-state index contributed by atoms with van der Waals surface area (Å²) in [6.45, 7) is 2.23. The molecule has 0 atom stereocenters. The highest BCUT2D eigenvalue weighted by atomic mass is 16.6. The Morgan fingerprint density at radius 3 is 2.93 bits per heavy atom. The van der Waals surface area contributed by atoms with Crippen molar-refractivity contribution in [1.29, 1.82) is 0 Å². The summed E-state index contributed by atoms with van der Waals surface area (Å²) in [6, 6.07) is 0. The Balaban J connectivity index is 3.07. The first-order valence-electron chi connectivity index (χ1n) is 4.29. The minimum absolute atomic E-state index is 0.0684. The first kappa shape index (κ1) is 11.1. The summed E-state index contributed by atoms with van der Waals surface area (Å²) in [5.74, 6) is 4.94. The summed E-state index contributed by atoms with van der Waals surface area (Å²) >= 11 is 0. The largest absolute Gasteiger partial charge is 0.473 e. The topological polar surface area (TPSA) is 116 Å². The van der Waals surface area contributed by atoms with Crippen LogP contribution < -0.4 is 16.0 Å². The lowest BCUT2D eigenvalue weighted by Crippen LogP contribution is -2.12. The number of anilines is 1. The van der Waals surface area contributed by atoms with Gasteiger partial charge in [0.25, 0.3) is 5.88 Å². The van der Waals surface area contributed by atoms with Gasteiger partial charge in [-0.05, 0) is 6.42 Å². The van der Waals surface area contributed by atoms with E-state index in [0.717, 1.165) is 12.7 Å². The molecular weight excluding hydrogens is 202 g/mol. The van der Waals surface area contributed by atoms with Crippen molar-refractivity contribution in [2.75, 3.05) is 12.0 Å². The average molecular weight is 213 g/mol. The fourth-order valence-corrected chi connectivity index (χ4v) is 0.937. The van der Waals surface area contributed by atoms with Crippen LogP contribution in [0.15, 0.2) is 6.33 Å². The molecule has 82 valence electrons. The van der Waals surface area contributed by atoms with Crippen LogP contribution in [0.3, 0.4) is 0 Å². The third kappa shape index (κ3) is 2.50. The van der Waals surface area contributed by atoms with Gasteiger partial charge in [-0.25, -0.2) is 10.8 Å². The van der Waals surface area contributed by atoms with Gasteiger partial charge in [0.2, 0.25) is 5.82 Å². The number of hydrogen-bond acceptors (Lipinski definition) is 7. The Hall–Kier alpha value is -1.96. The minimum atomic E-state index is -0.639. The molecule has 0 saturated carbocycles. The van der Waals surface area contributed by atoms with Crippen molar-refractivity contribution in [2.24, 2.45) is 5.84 Å². The zero-order chi connectivity index (χ0) is 11.3. The standard InChI is InChI=1S/C7H11N5O3/c1-2-3-15-7-5(12(13)14)6(11-8)9-4-10-7/h4H,2-3,8H2,1H3,(H,9,10,11). The lowest BCUT2D eigenvalue weighted by molar-refractivity contribution is -0.385. The number of rotatable bonds is 5. The number of nitrogens with zero attached hydrogens (tertiary/aromatic N) is 3. The normalized spacial score (nSPS) is 9.73. The predicted molar refractivity (Wildman–Crippen MR) is 52.3 cm³/mol. The Bertz CT molecular complexity index is 356. The molecule has 8 heteroatoms. The Morgan fingerprint density at radius 2 is 2.40 bits per heavy atom. The molecule has 0 fully saturated rings. The first-order chi connectivity index (χ1) is 7.20. The monoisotopic (exact) mass is 213 g/mol. The molecule has 0 radical (unpaired) electrons. The minimum Gasteiger partial charge on any atom is -0.473 e. The summed E-state index contributed by atoms with van der Waals surface area (Å²) in [7, 11) is 0. The number of nitrogen functional groups attached to an aromatic ring is 1. The summed E-state index contributed by atoms with van der Waals surface area (Å²) in [6.07, 6.45) is 1.87. The van der Waals surface area contributed by atoms with Gasteiger partial charge < -0.3 is 10.2 Å². The van der Waals surface area contributed by atoms with E-state index in [1.165, 1.54) is 0 Å². The van der Waals surface area contributed by atoms with Gasteiger partial charge in [-0.1, -0.05) is 6.92 Å². The molecule has 1 rings (SSSR count). The van der Waals surface area contributed by atoms with E-state index >= 15 is 0 Å². The number of nitrogens with two attached hydrogens (primary N) is 1. The number of hydrogen-bond donors (Lipinski definition) is 2. The Morgan fingerprint density at radius 1 is 1.67 bits per heavy atom. The maximum atomic E-state index is 10.7. The smallest absolute Gasteiger partial charge is 0.374 e. The molecule has 1 aromatic heterocycles. The maximum Gasteiger partial charge on any atom is 0.374 e. The molecule has 0 aliphatic rings. The molecule has 0 aliphatic heterocycles. The van der Waals surface area contributed by atoms with E-state index < -0.39 is 4.92 Å². The number of hydrazine groups is 1. The van der Waals surface area contributed by atoms with Crippen molar-refractivity contribution in [3.05, 3.63) is 16.4 Å². The molecule has 0 bridgehead atoms. The molecule has 0 saturated heterocycles. The summed E-state index contributed by atoms with van der Waals surface area (Å²) < 4.78 is 5.10. The van der Waals surface area contributed by atoms with E-state index in [0.29, 0.717) is 6.61 Å². The lowest BCUT2D eigenvalue weighted by atomic mass is 10.4. The Labute approximate surface area is 85.6 Å². The van der Waals surface area contributed by atoms with E-state index in [4.69, 9.17) is 10.6 Å². The number of nitrogens with one attached hydrogen (secondary N) is 1. The predicted octanol–water partition coefficient (Wildman–Crippen LogP) is 0.459. The van der Waals surface area contributed by atoms with Crippen molar-refractivity contribution in [2.45, 2.75) is 13.3 Å². The third-order valence-corrected chi connectivity index (χ3v) is 1.55. The van der Waals surface area contributed by atoms with Crippen molar-refractivity contribution >= 4 is 11.5 Å². The third-order valence-electron chi connectivity index (χ3n) is 1.55. The highest BCUT2D eigenvalue weighted by Gasteiger charge is 2.23. The fraction of sp³-hybridized carbons (Fsp3) is 0.429. The molecule has 8 nitrogen and oxygen atoms in total. The first-order valence-corrected chi connectivity index (χ1v) is 4.29. The SMILES string of the molecule is CCCOc1ncnc(NN)c1[N+](=O)[O-]. The maximum absolute atomic E-state index is 10.7.